The van der Waals surface area contributed by atoms with Crippen LogP contribution in [-0.4, -0.2) is 44.8 Å². The van der Waals surface area contributed by atoms with Crippen molar-refractivity contribution in [2.45, 2.75) is 30.8 Å². The minimum absolute atomic E-state index is 0.0226. The maximum absolute atomic E-state index is 14.3. The van der Waals surface area contributed by atoms with Gasteiger partial charge in [-0.3, -0.25) is 13.9 Å². The van der Waals surface area contributed by atoms with Crippen molar-refractivity contribution in [2.24, 2.45) is 0 Å². The van der Waals surface area contributed by atoms with E-state index in [1.807, 2.05) is 37.3 Å². The predicted octanol–water partition coefficient (Wildman–Crippen LogP) is 5.88. The Morgan fingerprint density at radius 3 is 2.05 bits per heavy atom. The molecule has 0 radical (unpaired) electrons. The molecule has 0 saturated heterocycles. The molecule has 42 heavy (non-hydrogen) atoms. The fourth-order valence-electron chi connectivity index (χ4n) is 4.55. The van der Waals surface area contributed by atoms with Gasteiger partial charge in [-0.1, -0.05) is 89.4 Å². The number of amides is 2. The second-order valence-corrected chi connectivity index (χ2v) is 12.5. The molecule has 1 unspecified atom stereocenters. The van der Waals surface area contributed by atoms with Gasteiger partial charge < -0.3 is 10.2 Å². The average molecular weight is 625 g/mol. The van der Waals surface area contributed by atoms with Crippen LogP contribution in [0.25, 0.3) is 0 Å². The van der Waals surface area contributed by atoms with Gasteiger partial charge in [0.2, 0.25) is 11.8 Å². The number of nitrogens with one attached hydrogen (secondary N) is 1. The third kappa shape index (κ3) is 7.70. The Bertz CT molecular complexity index is 1650. The van der Waals surface area contributed by atoms with E-state index in [1.54, 1.807) is 54.6 Å². The summed E-state index contributed by atoms with van der Waals surface area (Å²) in [4.78, 5) is 29.0. The van der Waals surface area contributed by atoms with E-state index in [9.17, 15) is 18.0 Å². The van der Waals surface area contributed by atoms with Crippen molar-refractivity contribution >= 4 is 50.7 Å². The summed E-state index contributed by atoms with van der Waals surface area (Å²) in [5.74, 6) is -0.958. The van der Waals surface area contributed by atoms with Crippen LogP contribution in [0.2, 0.25) is 10.0 Å². The van der Waals surface area contributed by atoms with Gasteiger partial charge in [-0.05, 0) is 60.5 Å². The molecule has 0 aliphatic rings. The predicted molar refractivity (Wildman–Crippen MR) is 167 cm³/mol. The number of carbonyl (C=O) groups excluding carboxylic acids is 2. The molecule has 10 heteroatoms. The summed E-state index contributed by atoms with van der Waals surface area (Å²) in [6, 6.07) is 28.1. The Hall–Kier alpha value is -3.85. The average Bonchev–Trinajstić information content (AvgIpc) is 2.98. The molecular weight excluding hydrogens is 593 g/mol. The Balaban J connectivity index is 1.79. The van der Waals surface area contributed by atoms with E-state index in [0.29, 0.717) is 15.6 Å². The van der Waals surface area contributed by atoms with Crippen molar-refractivity contribution in [3.63, 3.8) is 0 Å². The quantitative estimate of drug-likeness (QED) is 0.226. The smallest absolute Gasteiger partial charge is 0.264 e. The van der Waals surface area contributed by atoms with Gasteiger partial charge in [0.1, 0.15) is 12.6 Å². The molecule has 7 nitrogen and oxygen atoms in total. The molecule has 0 aliphatic heterocycles. The molecule has 0 heterocycles. The lowest BCUT2D eigenvalue weighted by atomic mass is 10.0. The topological polar surface area (TPSA) is 86.8 Å². The zero-order valence-corrected chi connectivity index (χ0v) is 25.5. The molecule has 4 aromatic rings. The number of halogens is 2. The van der Waals surface area contributed by atoms with Crippen LogP contribution in [0.15, 0.2) is 108 Å². The van der Waals surface area contributed by atoms with Gasteiger partial charge in [-0.2, -0.15) is 0 Å². The Labute approximate surface area is 256 Å². The highest BCUT2D eigenvalue weighted by Gasteiger charge is 2.34. The van der Waals surface area contributed by atoms with Gasteiger partial charge in [-0.15, -0.1) is 0 Å². The number of anilines is 1. The number of benzene rings is 4. The van der Waals surface area contributed by atoms with Crippen molar-refractivity contribution in [1.82, 2.24) is 10.2 Å². The van der Waals surface area contributed by atoms with E-state index in [1.165, 1.54) is 30.1 Å². The maximum atomic E-state index is 14.3. The summed E-state index contributed by atoms with van der Waals surface area (Å²) < 4.78 is 29.0. The molecule has 0 aliphatic carbocycles. The number of carbonyl (C=O) groups is 2. The third-order valence-electron chi connectivity index (χ3n) is 6.74. The SMILES string of the molecule is CNC(=O)C(Cc1ccccc1)N(Cc1cccc(Cl)c1)C(=O)CN(c1cccc(Cl)c1)S(=O)(=O)c1ccc(C)cc1. The van der Waals surface area contributed by atoms with E-state index in [0.717, 1.165) is 15.4 Å². The number of aryl methyl sites for hydroxylation is 1. The van der Waals surface area contributed by atoms with E-state index < -0.39 is 28.5 Å². The van der Waals surface area contributed by atoms with Gasteiger partial charge in [-0.25, -0.2) is 8.42 Å². The van der Waals surface area contributed by atoms with Crippen LogP contribution in [-0.2, 0) is 32.6 Å². The Kier molecular flexibility index (Phi) is 10.3. The van der Waals surface area contributed by atoms with Gasteiger partial charge >= 0.3 is 0 Å². The number of nitrogens with zero attached hydrogens (tertiary/aromatic N) is 2. The van der Waals surface area contributed by atoms with Gasteiger partial charge in [0, 0.05) is 30.1 Å². The standard InChI is InChI=1S/C32H31Cl2N3O4S/c1-23-14-16-29(17-15-23)42(40,41)37(28-13-7-12-27(34)20-28)22-31(38)36(21-25-10-6-11-26(33)18-25)30(32(39)35-2)19-24-8-4-3-5-9-24/h3-18,20,30H,19,21-22H2,1-2H3,(H,35,39). The number of hydrogen-bond donors (Lipinski definition) is 1. The summed E-state index contributed by atoms with van der Waals surface area (Å²) >= 11 is 12.5. The number of hydrogen-bond acceptors (Lipinski definition) is 4. The summed E-state index contributed by atoms with van der Waals surface area (Å²) in [5.41, 5.74) is 2.64. The molecule has 1 N–H and O–H groups in total. The molecular formula is C32H31Cl2N3O4S. The molecule has 0 bridgehead atoms. The van der Waals surface area contributed by atoms with Gasteiger partial charge in [0.05, 0.1) is 10.6 Å². The van der Waals surface area contributed by atoms with Crippen LogP contribution in [0.4, 0.5) is 5.69 Å². The molecule has 4 rings (SSSR count). The van der Waals surface area contributed by atoms with E-state index >= 15 is 0 Å². The first-order chi connectivity index (χ1) is 20.1. The summed E-state index contributed by atoms with van der Waals surface area (Å²) in [5, 5.41) is 3.45. The highest BCUT2D eigenvalue weighted by atomic mass is 35.5. The van der Waals surface area contributed by atoms with Crippen molar-refractivity contribution in [3.8, 4) is 0 Å². The largest absolute Gasteiger partial charge is 0.357 e. The lowest BCUT2D eigenvalue weighted by Crippen LogP contribution is -2.53. The zero-order valence-electron chi connectivity index (χ0n) is 23.2. The molecule has 0 aromatic heterocycles. The number of sulfonamides is 1. The van der Waals surface area contributed by atoms with Crippen LogP contribution in [0, 0.1) is 6.92 Å². The van der Waals surface area contributed by atoms with E-state index in [4.69, 9.17) is 23.2 Å². The minimum Gasteiger partial charge on any atom is -0.357 e. The van der Waals surface area contributed by atoms with Crippen molar-refractivity contribution in [2.75, 3.05) is 17.9 Å². The normalized spacial score (nSPS) is 11.9. The molecule has 218 valence electrons. The van der Waals surface area contributed by atoms with Crippen LogP contribution < -0.4 is 9.62 Å². The first-order valence-electron chi connectivity index (χ1n) is 13.2. The first-order valence-corrected chi connectivity index (χ1v) is 15.4. The number of likely N-dealkylation sites (N-methyl/N-ethyl adjacent to an activating group) is 1. The maximum Gasteiger partial charge on any atom is 0.264 e. The van der Waals surface area contributed by atoms with Crippen LogP contribution in [0.5, 0.6) is 0 Å². The van der Waals surface area contributed by atoms with Crippen molar-refractivity contribution in [3.05, 3.63) is 130 Å². The fourth-order valence-corrected chi connectivity index (χ4v) is 6.35. The highest BCUT2D eigenvalue weighted by molar-refractivity contribution is 7.92. The highest BCUT2D eigenvalue weighted by Crippen LogP contribution is 2.27. The first kappa shape index (κ1) is 31.1. The van der Waals surface area contributed by atoms with Gasteiger partial charge in [0.25, 0.3) is 10.0 Å². The summed E-state index contributed by atoms with van der Waals surface area (Å²) in [6.45, 7) is 1.31. The molecule has 0 fully saturated rings. The van der Waals surface area contributed by atoms with Crippen LogP contribution >= 0.6 is 23.2 Å². The van der Waals surface area contributed by atoms with Crippen molar-refractivity contribution in [1.29, 1.82) is 0 Å². The monoisotopic (exact) mass is 623 g/mol. The van der Waals surface area contributed by atoms with Gasteiger partial charge in [0.15, 0.2) is 0 Å². The van der Waals surface area contributed by atoms with Crippen LogP contribution in [0.1, 0.15) is 16.7 Å². The van der Waals surface area contributed by atoms with Crippen molar-refractivity contribution < 1.29 is 18.0 Å². The Morgan fingerprint density at radius 1 is 0.810 bits per heavy atom. The second-order valence-electron chi connectivity index (χ2n) is 9.78. The molecule has 0 saturated carbocycles. The lowest BCUT2D eigenvalue weighted by molar-refractivity contribution is -0.139. The second kappa shape index (κ2) is 13.9. The molecule has 0 spiro atoms. The van der Waals surface area contributed by atoms with Crippen LogP contribution in [0.3, 0.4) is 0 Å². The lowest BCUT2D eigenvalue weighted by Gasteiger charge is -2.33. The third-order valence-corrected chi connectivity index (χ3v) is 9.00. The molecule has 2 amide bonds. The Morgan fingerprint density at radius 2 is 1.43 bits per heavy atom. The van der Waals surface area contributed by atoms with E-state index in [2.05, 4.69) is 5.32 Å². The molecule has 4 aromatic carbocycles. The fraction of sp³-hybridized carbons (Fsp3) is 0.188. The minimum atomic E-state index is -4.20. The summed E-state index contributed by atoms with van der Waals surface area (Å²) in [7, 11) is -2.70. The molecule has 1 atom stereocenters. The zero-order chi connectivity index (χ0) is 30.3. The summed E-state index contributed by atoms with van der Waals surface area (Å²) in [6.07, 6.45) is 0.217. The number of rotatable bonds is 11. The van der Waals surface area contributed by atoms with E-state index in [-0.39, 0.29) is 29.5 Å².